The molecule has 0 aromatic heterocycles. The summed E-state index contributed by atoms with van der Waals surface area (Å²) in [6.07, 6.45) is 3.38. The zero-order valence-electron chi connectivity index (χ0n) is 10.9. The molecule has 1 aromatic carbocycles. The third-order valence-electron chi connectivity index (χ3n) is 3.35. The molecule has 0 unspecified atom stereocenters. The highest BCUT2D eigenvalue weighted by Gasteiger charge is 2.23. The van der Waals surface area contributed by atoms with E-state index in [0.717, 1.165) is 17.5 Å². The minimum Gasteiger partial charge on any atom is -0.326 e. The highest BCUT2D eigenvalue weighted by Crippen LogP contribution is 2.32. The molecule has 1 aromatic rings. The molecule has 2 rings (SSSR count). The second-order valence-electron chi connectivity index (χ2n) is 5.06. The quantitative estimate of drug-likeness (QED) is 0.829. The van der Waals surface area contributed by atoms with Gasteiger partial charge in [-0.15, -0.1) is 0 Å². The summed E-state index contributed by atoms with van der Waals surface area (Å²) in [6, 6.07) is 3.53. The van der Waals surface area contributed by atoms with Gasteiger partial charge in [0.05, 0.1) is 4.90 Å². The van der Waals surface area contributed by atoms with E-state index in [1.54, 1.807) is 6.07 Å². The van der Waals surface area contributed by atoms with Gasteiger partial charge in [-0.05, 0) is 52.4 Å². The highest BCUT2D eigenvalue weighted by molar-refractivity contribution is 9.10. The fraction of sp³-hybridized carbons (Fsp3) is 0.538. The van der Waals surface area contributed by atoms with Gasteiger partial charge in [0.2, 0.25) is 10.0 Å². The number of rotatable bonds is 6. The van der Waals surface area contributed by atoms with Crippen LogP contribution < -0.4 is 10.5 Å². The molecule has 0 bridgehead atoms. The Hall–Kier alpha value is -0.430. The van der Waals surface area contributed by atoms with Crippen LogP contribution in [-0.2, 0) is 16.6 Å². The second kappa shape index (κ2) is 5.91. The third kappa shape index (κ3) is 3.78. The Balaban J connectivity index is 2.19. The van der Waals surface area contributed by atoms with Crippen LogP contribution in [0.25, 0.3) is 0 Å². The van der Waals surface area contributed by atoms with E-state index >= 15 is 0 Å². The molecule has 6 heteroatoms. The van der Waals surface area contributed by atoms with Crippen LogP contribution in [0.1, 0.15) is 30.4 Å². The van der Waals surface area contributed by atoms with Crippen molar-refractivity contribution in [3.05, 3.63) is 27.7 Å². The first-order chi connectivity index (χ1) is 8.94. The smallest absolute Gasteiger partial charge is 0.241 e. The molecule has 0 radical (unpaired) electrons. The van der Waals surface area contributed by atoms with Gasteiger partial charge in [-0.2, -0.15) is 0 Å². The van der Waals surface area contributed by atoms with Crippen molar-refractivity contribution in [1.82, 2.24) is 4.72 Å². The lowest BCUT2D eigenvalue weighted by molar-refractivity contribution is 0.574. The summed E-state index contributed by atoms with van der Waals surface area (Å²) in [4.78, 5) is 0.281. The fourth-order valence-corrected chi connectivity index (χ4v) is 4.12. The number of halogens is 1. The summed E-state index contributed by atoms with van der Waals surface area (Å²) in [5.74, 6) is 0.711. The lowest BCUT2D eigenvalue weighted by Crippen LogP contribution is -2.25. The number of benzene rings is 1. The van der Waals surface area contributed by atoms with Crippen LogP contribution in [0.15, 0.2) is 21.5 Å². The van der Waals surface area contributed by atoms with Gasteiger partial charge in [-0.1, -0.05) is 18.9 Å². The zero-order valence-corrected chi connectivity index (χ0v) is 13.4. The number of hydrogen-bond acceptors (Lipinski definition) is 3. The highest BCUT2D eigenvalue weighted by atomic mass is 79.9. The van der Waals surface area contributed by atoms with Crippen molar-refractivity contribution < 1.29 is 8.42 Å². The molecule has 1 aliphatic carbocycles. The first-order valence-corrected chi connectivity index (χ1v) is 8.70. The number of sulfonamides is 1. The Morgan fingerprint density at radius 1 is 1.42 bits per heavy atom. The molecule has 0 atom stereocenters. The molecule has 0 aliphatic heterocycles. The van der Waals surface area contributed by atoms with Gasteiger partial charge in [0.25, 0.3) is 0 Å². The van der Waals surface area contributed by atoms with Crippen LogP contribution in [0.4, 0.5) is 0 Å². The van der Waals surface area contributed by atoms with Gasteiger partial charge in [0.15, 0.2) is 0 Å². The van der Waals surface area contributed by atoms with Crippen molar-refractivity contribution >= 4 is 26.0 Å². The summed E-state index contributed by atoms with van der Waals surface area (Å²) < 4.78 is 27.9. The SMILES string of the molecule is Cc1cc(CN)cc(S(=O)(=O)NCCC2CC2)c1Br. The molecular formula is C13H19BrN2O2S. The molecule has 0 saturated heterocycles. The molecule has 106 valence electrons. The van der Waals surface area contributed by atoms with Crippen molar-refractivity contribution in [2.24, 2.45) is 11.7 Å². The molecular weight excluding hydrogens is 328 g/mol. The lowest BCUT2D eigenvalue weighted by Gasteiger charge is -2.12. The summed E-state index contributed by atoms with van der Waals surface area (Å²) in [7, 11) is -3.47. The topological polar surface area (TPSA) is 72.2 Å². The first-order valence-electron chi connectivity index (χ1n) is 6.43. The minimum absolute atomic E-state index is 0.281. The Labute approximate surface area is 122 Å². The van der Waals surface area contributed by atoms with Gasteiger partial charge in [-0.25, -0.2) is 13.1 Å². The standard InChI is InChI=1S/C13H19BrN2O2S/c1-9-6-11(8-15)7-12(13(9)14)19(17,18)16-5-4-10-2-3-10/h6-7,10,16H,2-5,8,15H2,1H3. The van der Waals surface area contributed by atoms with Gasteiger partial charge >= 0.3 is 0 Å². The average Bonchev–Trinajstić information content (AvgIpc) is 3.16. The van der Waals surface area contributed by atoms with Crippen molar-refractivity contribution in [2.75, 3.05) is 6.54 Å². The van der Waals surface area contributed by atoms with Crippen LogP contribution >= 0.6 is 15.9 Å². The van der Waals surface area contributed by atoms with E-state index in [1.807, 2.05) is 13.0 Å². The maximum Gasteiger partial charge on any atom is 0.241 e. The number of nitrogens with one attached hydrogen (secondary N) is 1. The molecule has 1 saturated carbocycles. The minimum atomic E-state index is -3.47. The van der Waals surface area contributed by atoms with E-state index in [2.05, 4.69) is 20.7 Å². The molecule has 0 spiro atoms. The fourth-order valence-electron chi connectivity index (χ4n) is 2.00. The molecule has 1 fully saturated rings. The van der Waals surface area contributed by atoms with E-state index in [9.17, 15) is 8.42 Å². The Morgan fingerprint density at radius 3 is 2.68 bits per heavy atom. The predicted molar refractivity (Wildman–Crippen MR) is 79.3 cm³/mol. The van der Waals surface area contributed by atoms with Crippen LogP contribution in [0.2, 0.25) is 0 Å². The normalized spacial score (nSPS) is 15.7. The average molecular weight is 347 g/mol. The van der Waals surface area contributed by atoms with Crippen molar-refractivity contribution in [3.8, 4) is 0 Å². The summed E-state index contributed by atoms with van der Waals surface area (Å²) in [5.41, 5.74) is 7.30. The van der Waals surface area contributed by atoms with Crippen LogP contribution in [0.5, 0.6) is 0 Å². The van der Waals surface area contributed by atoms with Crippen LogP contribution in [0, 0.1) is 12.8 Å². The lowest BCUT2D eigenvalue weighted by atomic mass is 10.1. The predicted octanol–water partition coefficient (Wildman–Crippen LogP) is 2.29. The molecule has 3 N–H and O–H groups in total. The van der Waals surface area contributed by atoms with E-state index in [-0.39, 0.29) is 4.90 Å². The Kier molecular flexibility index (Phi) is 4.66. The van der Waals surface area contributed by atoms with E-state index in [4.69, 9.17) is 5.73 Å². The molecule has 4 nitrogen and oxygen atoms in total. The van der Waals surface area contributed by atoms with Crippen LogP contribution in [-0.4, -0.2) is 15.0 Å². The largest absolute Gasteiger partial charge is 0.326 e. The molecule has 0 heterocycles. The zero-order chi connectivity index (χ0) is 14.0. The van der Waals surface area contributed by atoms with Gasteiger partial charge in [-0.3, -0.25) is 0 Å². The second-order valence-corrected chi connectivity index (χ2v) is 7.59. The van der Waals surface area contributed by atoms with Crippen molar-refractivity contribution in [3.63, 3.8) is 0 Å². The Bertz CT molecular complexity index is 568. The maximum atomic E-state index is 12.3. The summed E-state index contributed by atoms with van der Waals surface area (Å²) in [6.45, 7) is 2.70. The Morgan fingerprint density at radius 2 is 2.11 bits per heavy atom. The van der Waals surface area contributed by atoms with Crippen molar-refractivity contribution in [1.29, 1.82) is 0 Å². The van der Waals surface area contributed by atoms with Crippen molar-refractivity contribution in [2.45, 2.75) is 37.6 Å². The van der Waals surface area contributed by atoms with Crippen LogP contribution in [0.3, 0.4) is 0 Å². The summed E-state index contributed by atoms with van der Waals surface area (Å²) >= 11 is 3.35. The molecule has 0 amide bonds. The van der Waals surface area contributed by atoms with E-state index in [0.29, 0.717) is 23.5 Å². The van der Waals surface area contributed by atoms with Gasteiger partial charge in [0, 0.05) is 17.6 Å². The van der Waals surface area contributed by atoms with Gasteiger partial charge in [0.1, 0.15) is 0 Å². The third-order valence-corrected chi connectivity index (χ3v) is 6.15. The molecule has 19 heavy (non-hydrogen) atoms. The van der Waals surface area contributed by atoms with E-state index in [1.165, 1.54) is 12.8 Å². The summed E-state index contributed by atoms with van der Waals surface area (Å²) in [5, 5.41) is 0. The first kappa shape index (κ1) is 15.0. The number of hydrogen-bond donors (Lipinski definition) is 2. The number of aryl methyl sites for hydroxylation is 1. The molecule has 1 aliphatic rings. The monoisotopic (exact) mass is 346 g/mol. The number of nitrogens with two attached hydrogens (primary N) is 1. The maximum absolute atomic E-state index is 12.3. The van der Waals surface area contributed by atoms with Gasteiger partial charge < -0.3 is 5.73 Å². The van der Waals surface area contributed by atoms with E-state index < -0.39 is 10.0 Å².